The monoisotopic (exact) mass is 388 g/mol. The van der Waals surface area contributed by atoms with E-state index in [9.17, 15) is 9.59 Å². The second-order valence-corrected chi connectivity index (χ2v) is 6.84. The van der Waals surface area contributed by atoms with Crippen molar-refractivity contribution in [2.24, 2.45) is 0 Å². The Morgan fingerprint density at radius 1 is 1.33 bits per heavy atom. The minimum atomic E-state index is -0.459. The normalized spacial score (nSPS) is 16.7. The number of aromatic nitrogens is 2. The Balaban J connectivity index is 1.78. The van der Waals surface area contributed by atoms with Crippen molar-refractivity contribution in [1.82, 2.24) is 20.8 Å². The van der Waals surface area contributed by atoms with Crippen LogP contribution in [-0.2, 0) is 9.53 Å². The highest BCUT2D eigenvalue weighted by molar-refractivity contribution is 7.99. The van der Waals surface area contributed by atoms with E-state index in [4.69, 9.17) is 9.15 Å². The maximum atomic E-state index is 12.2. The number of ether oxygens (including phenoxy) is 1. The quantitative estimate of drug-likeness (QED) is 0.579. The number of thioether (sulfide) groups is 1. The lowest BCUT2D eigenvalue weighted by atomic mass is 10.1. The fourth-order valence-electron chi connectivity index (χ4n) is 2.72. The zero-order valence-electron chi connectivity index (χ0n) is 15.2. The van der Waals surface area contributed by atoms with Crippen LogP contribution < -0.4 is 10.6 Å². The van der Waals surface area contributed by atoms with E-state index < -0.39 is 12.0 Å². The third-order valence-electron chi connectivity index (χ3n) is 3.99. The third kappa shape index (κ3) is 4.30. The van der Waals surface area contributed by atoms with Crippen LogP contribution in [0.4, 0.5) is 4.79 Å². The molecule has 1 aromatic carbocycles. The molecule has 2 N–H and O–H groups in total. The van der Waals surface area contributed by atoms with E-state index in [1.54, 1.807) is 13.8 Å². The van der Waals surface area contributed by atoms with E-state index >= 15 is 0 Å². The van der Waals surface area contributed by atoms with E-state index in [1.807, 2.05) is 31.2 Å². The molecule has 142 valence electrons. The van der Waals surface area contributed by atoms with Crippen LogP contribution in [0.5, 0.6) is 0 Å². The summed E-state index contributed by atoms with van der Waals surface area (Å²) >= 11 is 1.24. The molecular formula is C18H20N4O4S. The first kappa shape index (κ1) is 19.0. The molecule has 1 atom stereocenters. The van der Waals surface area contributed by atoms with Crippen LogP contribution in [0.25, 0.3) is 11.5 Å². The molecule has 0 aliphatic carbocycles. The molecular weight excluding hydrogens is 368 g/mol. The van der Waals surface area contributed by atoms with Gasteiger partial charge in [0.2, 0.25) is 5.89 Å². The summed E-state index contributed by atoms with van der Waals surface area (Å²) in [7, 11) is 0. The van der Waals surface area contributed by atoms with Gasteiger partial charge in [0.15, 0.2) is 0 Å². The molecule has 0 fully saturated rings. The van der Waals surface area contributed by atoms with Gasteiger partial charge in [0.05, 0.1) is 18.2 Å². The van der Waals surface area contributed by atoms with Gasteiger partial charge in [0.25, 0.3) is 5.22 Å². The van der Waals surface area contributed by atoms with Gasteiger partial charge in [-0.3, -0.25) is 0 Å². The number of nitrogens with zero attached hydrogens (tertiary/aromatic N) is 2. The number of nitrogens with one attached hydrogen (secondary N) is 2. The zero-order valence-corrected chi connectivity index (χ0v) is 16.1. The molecule has 2 heterocycles. The molecule has 0 spiro atoms. The molecule has 9 heteroatoms. The average molecular weight is 388 g/mol. The van der Waals surface area contributed by atoms with Crippen molar-refractivity contribution in [3.05, 3.63) is 41.1 Å². The number of amides is 2. The molecule has 0 saturated carbocycles. The smallest absolute Gasteiger partial charge is 0.337 e. The lowest BCUT2D eigenvalue weighted by Gasteiger charge is -2.26. The molecule has 27 heavy (non-hydrogen) atoms. The number of rotatable bonds is 6. The maximum Gasteiger partial charge on any atom is 0.337 e. The fourth-order valence-corrected chi connectivity index (χ4v) is 3.45. The summed E-state index contributed by atoms with van der Waals surface area (Å²) in [4.78, 5) is 24.0. The summed E-state index contributed by atoms with van der Waals surface area (Å²) in [5, 5.41) is 13.8. The Hall–Kier alpha value is -2.81. The van der Waals surface area contributed by atoms with Crippen molar-refractivity contribution >= 4 is 23.8 Å². The Kier molecular flexibility index (Phi) is 5.80. The molecule has 0 radical (unpaired) electrons. The standard InChI is InChI=1S/C18H20N4O4S/c1-4-25-16(23)14-11(3)19-17(24)20-13(14)9-27-18-22-21-15(26-18)12-8-6-5-7-10(12)2/h5-8,11H,4,9H2,1-3H3,(H2,19,20,24)/t11-/m0/s1. The Bertz CT molecular complexity index is 893. The Morgan fingerprint density at radius 2 is 2.11 bits per heavy atom. The maximum absolute atomic E-state index is 12.2. The number of benzene rings is 1. The average Bonchev–Trinajstić information content (AvgIpc) is 3.08. The summed E-state index contributed by atoms with van der Waals surface area (Å²) in [5.74, 6) is 0.263. The van der Waals surface area contributed by atoms with Crippen LogP contribution >= 0.6 is 11.8 Å². The Morgan fingerprint density at radius 3 is 2.85 bits per heavy atom. The van der Waals surface area contributed by atoms with Crippen molar-refractivity contribution in [3.63, 3.8) is 0 Å². The number of urea groups is 1. The van der Waals surface area contributed by atoms with Crippen molar-refractivity contribution in [3.8, 4) is 11.5 Å². The number of esters is 1. The number of carbonyl (C=O) groups is 2. The van der Waals surface area contributed by atoms with Crippen LogP contribution in [0.3, 0.4) is 0 Å². The predicted molar refractivity (Wildman–Crippen MR) is 100.0 cm³/mol. The van der Waals surface area contributed by atoms with Gasteiger partial charge in [-0.05, 0) is 32.4 Å². The van der Waals surface area contributed by atoms with Crippen molar-refractivity contribution in [2.75, 3.05) is 12.4 Å². The SMILES string of the molecule is CCOC(=O)C1=C(CSc2nnc(-c3ccccc3C)o2)NC(=O)N[C@H]1C. The number of aryl methyl sites for hydroxylation is 1. The van der Waals surface area contributed by atoms with E-state index in [0.29, 0.717) is 28.1 Å². The molecule has 3 rings (SSSR count). The van der Waals surface area contributed by atoms with E-state index in [1.165, 1.54) is 11.8 Å². The minimum absolute atomic E-state index is 0.257. The summed E-state index contributed by atoms with van der Waals surface area (Å²) in [6.45, 7) is 5.69. The van der Waals surface area contributed by atoms with Crippen molar-refractivity contribution in [2.45, 2.75) is 32.0 Å². The zero-order chi connectivity index (χ0) is 19.4. The molecule has 1 aliphatic rings. The Labute approximate surface area is 160 Å². The van der Waals surface area contributed by atoms with E-state index in [2.05, 4.69) is 20.8 Å². The molecule has 1 aliphatic heterocycles. The van der Waals surface area contributed by atoms with E-state index in [-0.39, 0.29) is 12.6 Å². The molecule has 0 bridgehead atoms. The minimum Gasteiger partial charge on any atom is -0.463 e. The number of carbonyl (C=O) groups excluding carboxylic acids is 2. The molecule has 2 aromatic rings. The summed E-state index contributed by atoms with van der Waals surface area (Å²) in [5.41, 5.74) is 2.77. The van der Waals surface area contributed by atoms with Gasteiger partial charge in [-0.15, -0.1) is 10.2 Å². The highest BCUT2D eigenvalue weighted by Gasteiger charge is 2.30. The second-order valence-electron chi connectivity index (χ2n) is 5.91. The van der Waals surface area contributed by atoms with E-state index in [0.717, 1.165) is 11.1 Å². The van der Waals surface area contributed by atoms with Crippen LogP contribution in [0.2, 0.25) is 0 Å². The van der Waals surface area contributed by atoms with Gasteiger partial charge in [-0.25, -0.2) is 9.59 Å². The summed E-state index contributed by atoms with van der Waals surface area (Å²) in [6, 6.07) is 6.91. The number of hydrogen-bond acceptors (Lipinski definition) is 7. The fraction of sp³-hybridized carbons (Fsp3) is 0.333. The highest BCUT2D eigenvalue weighted by Crippen LogP contribution is 2.27. The van der Waals surface area contributed by atoms with Gasteiger partial charge >= 0.3 is 12.0 Å². The van der Waals surface area contributed by atoms with Crippen molar-refractivity contribution < 1.29 is 18.7 Å². The first-order valence-electron chi connectivity index (χ1n) is 8.49. The largest absolute Gasteiger partial charge is 0.463 e. The highest BCUT2D eigenvalue weighted by atomic mass is 32.2. The third-order valence-corrected chi connectivity index (χ3v) is 4.83. The van der Waals surface area contributed by atoms with Gasteiger partial charge in [-0.2, -0.15) is 0 Å². The van der Waals surface area contributed by atoms with Gasteiger partial charge in [0.1, 0.15) is 0 Å². The first-order valence-corrected chi connectivity index (χ1v) is 9.48. The van der Waals surface area contributed by atoms with Crippen molar-refractivity contribution in [1.29, 1.82) is 0 Å². The molecule has 8 nitrogen and oxygen atoms in total. The topological polar surface area (TPSA) is 106 Å². The predicted octanol–water partition coefficient (Wildman–Crippen LogP) is 2.66. The summed E-state index contributed by atoms with van der Waals surface area (Å²) < 4.78 is 10.8. The lowest BCUT2D eigenvalue weighted by molar-refractivity contribution is -0.138. The summed E-state index contributed by atoms with van der Waals surface area (Å²) in [6.07, 6.45) is 0. The lowest BCUT2D eigenvalue weighted by Crippen LogP contribution is -2.49. The van der Waals surface area contributed by atoms with Gasteiger partial charge < -0.3 is 19.8 Å². The molecule has 0 saturated heterocycles. The van der Waals surface area contributed by atoms with Crippen LogP contribution in [0, 0.1) is 6.92 Å². The van der Waals surface area contributed by atoms with Crippen LogP contribution in [-0.4, -0.2) is 40.6 Å². The van der Waals surface area contributed by atoms with Crippen LogP contribution in [0.15, 0.2) is 45.2 Å². The second kappa shape index (κ2) is 8.26. The van der Waals surface area contributed by atoms with Gasteiger partial charge in [-0.1, -0.05) is 30.0 Å². The van der Waals surface area contributed by atoms with Gasteiger partial charge in [0, 0.05) is 17.0 Å². The number of hydrogen-bond donors (Lipinski definition) is 2. The van der Waals surface area contributed by atoms with Crippen LogP contribution in [0.1, 0.15) is 19.4 Å². The molecule has 2 amide bonds. The molecule has 1 aromatic heterocycles. The molecule has 0 unspecified atom stereocenters. The first-order chi connectivity index (χ1) is 13.0.